The second kappa shape index (κ2) is 5.47. The maximum atomic E-state index is 10.8. The summed E-state index contributed by atoms with van der Waals surface area (Å²) in [5, 5.41) is 0.300. The van der Waals surface area contributed by atoms with Crippen LogP contribution >= 0.6 is 0 Å². The van der Waals surface area contributed by atoms with Crippen LogP contribution in [0.1, 0.15) is 6.92 Å². The molecule has 2 N–H and O–H groups in total. The van der Waals surface area contributed by atoms with Crippen molar-refractivity contribution in [3.05, 3.63) is 12.2 Å². The third kappa shape index (κ3) is 5.81. The topological polar surface area (TPSA) is 110 Å². The van der Waals surface area contributed by atoms with Crippen molar-refractivity contribution in [2.45, 2.75) is 6.92 Å². The highest BCUT2D eigenvalue weighted by Crippen LogP contribution is 1.91. The molecule has 0 rings (SSSR count). The van der Waals surface area contributed by atoms with Gasteiger partial charge < -0.3 is 10.1 Å². The Morgan fingerprint density at radius 2 is 2.00 bits per heavy atom. The largest absolute Gasteiger partial charge is 0.460 e. The van der Waals surface area contributed by atoms with Crippen LogP contribution in [0.2, 0.25) is 0 Å². The molecular formula is C7H11NO6S. The lowest BCUT2D eigenvalue weighted by Gasteiger charge is -2.04. The molecule has 0 heterocycles. The Labute approximate surface area is 86.9 Å². The molecule has 0 atom stereocenters. The Hall–Kier alpha value is -1.41. The molecule has 0 aromatic heterocycles. The second-order valence-electron chi connectivity index (χ2n) is 2.61. The molecule has 0 fully saturated rings. The van der Waals surface area contributed by atoms with E-state index in [9.17, 15) is 18.0 Å². The van der Waals surface area contributed by atoms with Crippen LogP contribution in [0, 0.1) is 0 Å². The fourth-order valence-electron chi connectivity index (χ4n) is 0.511. The van der Waals surface area contributed by atoms with Crippen LogP contribution in [0.5, 0.6) is 0 Å². The number of rotatable bonds is 4. The smallest absolute Gasteiger partial charge is 0.363 e. The summed E-state index contributed by atoms with van der Waals surface area (Å²) in [4.78, 5) is 21.3. The van der Waals surface area contributed by atoms with Crippen molar-refractivity contribution in [1.82, 2.24) is 5.32 Å². The maximum absolute atomic E-state index is 10.8. The van der Waals surface area contributed by atoms with Crippen molar-refractivity contribution in [2.24, 2.45) is 0 Å². The average molecular weight is 237 g/mol. The molecule has 0 aliphatic rings. The molecule has 1 amide bonds. The SMILES string of the molecule is C=C(C)C(=O)OCCNC(=O)S(=O)(=O)O. The van der Waals surface area contributed by atoms with Gasteiger partial charge in [0, 0.05) is 5.57 Å². The lowest BCUT2D eigenvalue weighted by atomic mass is 10.4. The van der Waals surface area contributed by atoms with Crippen molar-refractivity contribution in [3.63, 3.8) is 0 Å². The summed E-state index contributed by atoms with van der Waals surface area (Å²) in [5.41, 5.74) is 0.191. The number of hydrogen-bond acceptors (Lipinski definition) is 5. The molecule has 0 aromatic rings. The normalized spacial score (nSPS) is 10.5. The predicted octanol–water partition coefficient (Wildman–Crippen LogP) is -0.297. The lowest BCUT2D eigenvalue weighted by molar-refractivity contribution is -0.138. The summed E-state index contributed by atoms with van der Waals surface area (Å²) in [6, 6.07) is 0. The number of amides is 1. The first-order valence-corrected chi connectivity index (χ1v) is 5.27. The molecule has 0 unspecified atom stereocenters. The highest BCUT2D eigenvalue weighted by molar-refractivity contribution is 8.01. The number of carbonyl (C=O) groups excluding carboxylic acids is 2. The van der Waals surface area contributed by atoms with E-state index < -0.39 is 21.3 Å². The zero-order valence-corrected chi connectivity index (χ0v) is 8.83. The van der Waals surface area contributed by atoms with Crippen LogP contribution < -0.4 is 5.32 Å². The van der Waals surface area contributed by atoms with Gasteiger partial charge in [-0.25, -0.2) is 4.79 Å². The molecule has 0 saturated carbocycles. The molecule has 15 heavy (non-hydrogen) atoms. The predicted molar refractivity (Wildman–Crippen MR) is 50.7 cm³/mol. The van der Waals surface area contributed by atoms with Gasteiger partial charge in [-0.15, -0.1) is 0 Å². The quantitative estimate of drug-likeness (QED) is 0.301. The summed E-state index contributed by atoms with van der Waals surface area (Å²) < 4.78 is 33.1. The highest BCUT2D eigenvalue weighted by Gasteiger charge is 2.17. The van der Waals surface area contributed by atoms with Crippen LogP contribution in [0.15, 0.2) is 12.2 Å². The molecule has 0 aromatic carbocycles. The van der Waals surface area contributed by atoms with E-state index in [4.69, 9.17) is 4.55 Å². The van der Waals surface area contributed by atoms with E-state index in [1.54, 1.807) is 0 Å². The van der Waals surface area contributed by atoms with E-state index in [0.29, 0.717) is 0 Å². The zero-order chi connectivity index (χ0) is 12.1. The Balaban J connectivity index is 3.79. The monoisotopic (exact) mass is 237 g/mol. The standard InChI is InChI=1S/C7H11NO6S/c1-5(2)6(9)14-4-3-8-7(10)15(11,12)13/h1,3-4H2,2H3,(H,8,10)(H,11,12,13). The summed E-state index contributed by atoms with van der Waals surface area (Å²) in [6.45, 7) is 4.34. The summed E-state index contributed by atoms with van der Waals surface area (Å²) >= 11 is 0. The molecule has 0 saturated heterocycles. The number of nitrogens with one attached hydrogen (secondary N) is 1. The molecule has 8 heteroatoms. The third-order valence-corrected chi connectivity index (χ3v) is 1.80. The Morgan fingerprint density at radius 1 is 1.47 bits per heavy atom. The van der Waals surface area contributed by atoms with E-state index in [2.05, 4.69) is 11.3 Å². The van der Waals surface area contributed by atoms with Gasteiger partial charge in [-0.1, -0.05) is 6.58 Å². The first-order valence-electron chi connectivity index (χ1n) is 3.83. The van der Waals surface area contributed by atoms with E-state index in [1.165, 1.54) is 6.92 Å². The number of hydrogen-bond donors (Lipinski definition) is 2. The van der Waals surface area contributed by atoms with E-state index >= 15 is 0 Å². The molecule has 0 aliphatic carbocycles. The van der Waals surface area contributed by atoms with Gasteiger partial charge in [0.1, 0.15) is 6.61 Å². The molecule has 86 valence electrons. The first-order chi connectivity index (χ1) is 6.75. The lowest BCUT2D eigenvalue weighted by Crippen LogP contribution is -2.32. The zero-order valence-electron chi connectivity index (χ0n) is 8.02. The minimum absolute atomic E-state index is 0.191. The average Bonchev–Trinajstić information content (AvgIpc) is 2.09. The van der Waals surface area contributed by atoms with Crippen LogP contribution in [-0.4, -0.2) is 37.3 Å². The number of carbonyl (C=O) groups is 2. The van der Waals surface area contributed by atoms with Gasteiger partial charge in [-0.3, -0.25) is 9.35 Å². The number of ether oxygens (including phenoxy) is 1. The van der Waals surface area contributed by atoms with Crippen molar-refractivity contribution < 1.29 is 27.3 Å². The van der Waals surface area contributed by atoms with Gasteiger partial charge in [-0.05, 0) is 6.92 Å². The van der Waals surface area contributed by atoms with Crippen molar-refractivity contribution >= 4 is 21.3 Å². The van der Waals surface area contributed by atoms with Crippen molar-refractivity contribution in [3.8, 4) is 0 Å². The molecule has 7 nitrogen and oxygen atoms in total. The fourth-order valence-corrected chi connectivity index (χ4v) is 0.796. The van der Waals surface area contributed by atoms with Crippen LogP contribution in [-0.2, 0) is 19.6 Å². The van der Waals surface area contributed by atoms with E-state index in [1.807, 2.05) is 5.32 Å². The summed E-state index contributed by atoms with van der Waals surface area (Å²) in [7, 11) is -4.73. The Bertz CT molecular complexity index is 371. The maximum Gasteiger partial charge on any atom is 0.363 e. The minimum atomic E-state index is -4.73. The molecule has 0 bridgehead atoms. The van der Waals surface area contributed by atoms with Crippen molar-refractivity contribution in [2.75, 3.05) is 13.2 Å². The van der Waals surface area contributed by atoms with Crippen LogP contribution in [0.4, 0.5) is 4.79 Å². The van der Waals surface area contributed by atoms with Gasteiger partial charge in [0.25, 0.3) is 0 Å². The van der Waals surface area contributed by atoms with Gasteiger partial charge >= 0.3 is 21.3 Å². The third-order valence-electron chi connectivity index (χ3n) is 1.19. The van der Waals surface area contributed by atoms with Crippen LogP contribution in [0.25, 0.3) is 0 Å². The van der Waals surface area contributed by atoms with E-state index in [0.717, 1.165) is 0 Å². The molecule has 0 aliphatic heterocycles. The summed E-state index contributed by atoms with van der Waals surface area (Å²) in [5.74, 6) is -0.642. The van der Waals surface area contributed by atoms with Crippen molar-refractivity contribution in [1.29, 1.82) is 0 Å². The highest BCUT2D eigenvalue weighted by atomic mass is 32.2. The number of esters is 1. The van der Waals surface area contributed by atoms with Gasteiger partial charge in [0.15, 0.2) is 0 Å². The molecular weight excluding hydrogens is 226 g/mol. The molecule has 0 spiro atoms. The molecule has 0 radical (unpaired) electrons. The van der Waals surface area contributed by atoms with E-state index in [-0.39, 0.29) is 18.7 Å². The van der Waals surface area contributed by atoms with Gasteiger partial charge in [0.2, 0.25) is 0 Å². The Kier molecular flexibility index (Phi) is 4.95. The first kappa shape index (κ1) is 13.6. The fraction of sp³-hybridized carbons (Fsp3) is 0.429. The minimum Gasteiger partial charge on any atom is -0.460 e. The Morgan fingerprint density at radius 3 is 2.40 bits per heavy atom. The summed E-state index contributed by atoms with van der Waals surface area (Å²) in [6.07, 6.45) is 0. The van der Waals surface area contributed by atoms with Crippen LogP contribution in [0.3, 0.4) is 0 Å². The van der Waals surface area contributed by atoms with Gasteiger partial charge in [-0.2, -0.15) is 8.42 Å². The van der Waals surface area contributed by atoms with Gasteiger partial charge in [0.05, 0.1) is 6.54 Å². The second-order valence-corrected chi connectivity index (χ2v) is 3.93.